The zero-order valence-corrected chi connectivity index (χ0v) is 12.2. The van der Waals surface area contributed by atoms with Gasteiger partial charge in [0.25, 0.3) is 0 Å². The van der Waals surface area contributed by atoms with E-state index in [9.17, 15) is 4.79 Å². The Morgan fingerprint density at radius 3 is 2.28 bits per heavy atom. The van der Waals surface area contributed by atoms with E-state index in [2.05, 4.69) is 15.9 Å². The van der Waals surface area contributed by atoms with Crippen molar-refractivity contribution < 1.29 is 4.79 Å². The van der Waals surface area contributed by atoms with Crippen LogP contribution in [-0.4, -0.2) is 5.78 Å². The number of nitrogen functional groups attached to an aromatic ring is 1. The number of halogens is 1. The predicted molar refractivity (Wildman–Crippen MR) is 79.1 cm³/mol. The lowest BCUT2D eigenvalue weighted by Gasteiger charge is -2.06. The Labute approximate surface area is 119 Å². The van der Waals surface area contributed by atoms with Crippen LogP contribution in [-0.2, 0) is 0 Å². The maximum atomic E-state index is 11.3. The molecule has 0 aromatic heterocycles. The third kappa shape index (κ3) is 3.15. The fourth-order valence-electron chi connectivity index (χ4n) is 1.56. The number of hydrogen-bond acceptors (Lipinski definition) is 3. The van der Waals surface area contributed by atoms with Crippen LogP contribution < -0.4 is 5.73 Å². The highest BCUT2D eigenvalue weighted by Crippen LogP contribution is 2.30. The normalized spacial score (nSPS) is 10.3. The van der Waals surface area contributed by atoms with E-state index in [1.807, 2.05) is 36.4 Å². The summed E-state index contributed by atoms with van der Waals surface area (Å²) in [6.45, 7) is 1.52. The maximum absolute atomic E-state index is 11.3. The Kier molecular flexibility index (Phi) is 4.09. The second kappa shape index (κ2) is 5.59. The molecule has 18 heavy (non-hydrogen) atoms. The molecule has 0 radical (unpaired) electrons. The first-order valence-electron chi connectivity index (χ1n) is 5.40. The van der Waals surface area contributed by atoms with Crippen molar-refractivity contribution >= 4 is 39.2 Å². The minimum absolute atomic E-state index is 0.00677. The van der Waals surface area contributed by atoms with Gasteiger partial charge in [-0.3, -0.25) is 4.79 Å². The summed E-state index contributed by atoms with van der Waals surface area (Å²) in [4.78, 5) is 13.4. The summed E-state index contributed by atoms with van der Waals surface area (Å²) >= 11 is 5.02. The van der Waals surface area contributed by atoms with Crippen molar-refractivity contribution in [3.63, 3.8) is 0 Å². The van der Waals surface area contributed by atoms with Crippen LogP contribution in [0.25, 0.3) is 0 Å². The molecule has 0 fully saturated rings. The number of rotatable bonds is 3. The minimum Gasteiger partial charge on any atom is -0.398 e. The number of anilines is 1. The number of ketones is 1. The summed E-state index contributed by atoms with van der Waals surface area (Å²) in [6, 6.07) is 13.6. The smallest absolute Gasteiger partial charge is 0.161 e. The SMILES string of the molecule is CC(=O)c1ccc(Sc2ccc(Br)cc2)cc1N. The molecule has 4 heteroatoms. The lowest BCUT2D eigenvalue weighted by Crippen LogP contribution is -1.99. The molecule has 0 atom stereocenters. The van der Waals surface area contributed by atoms with Crippen molar-refractivity contribution in [2.24, 2.45) is 0 Å². The van der Waals surface area contributed by atoms with Gasteiger partial charge in [0, 0.05) is 25.5 Å². The molecule has 2 nitrogen and oxygen atoms in total. The zero-order chi connectivity index (χ0) is 13.1. The topological polar surface area (TPSA) is 43.1 Å². The van der Waals surface area contributed by atoms with E-state index < -0.39 is 0 Å². The van der Waals surface area contributed by atoms with E-state index in [1.54, 1.807) is 17.8 Å². The van der Waals surface area contributed by atoms with E-state index in [0.29, 0.717) is 11.3 Å². The highest BCUT2D eigenvalue weighted by Gasteiger charge is 2.06. The van der Waals surface area contributed by atoms with Gasteiger partial charge in [-0.1, -0.05) is 27.7 Å². The standard InChI is InChI=1S/C14H12BrNOS/c1-9(17)13-7-6-12(8-14(13)16)18-11-4-2-10(15)3-5-11/h2-8H,16H2,1H3. The van der Waals surface area contributed by atoms with Crippen LogP contribution in [0.5, 0.6) is 0 Å². The molecule has 92 valence electrons. The van der Waals surface area contributed by atoms with Crippen LogP contribution in [0.1, 0.15) is 17.3 Å². The van der Waals surface area contributed by atoms with Gasteiger partial charge >= 0.3 is 0 Å². The summed E-state index contributed by atoms with van der Waals surface area (Å²) in [7, 11) is 0. The summed E-state index contributed by atoms with van der Waals surface area (Å²) in [5.74, 6) is -0.00677. The van der Waals surface area contributed by atoms with Gasteiger partial charge in [-0.15, -0.1) is 0 Å². The number of nitrogens with two attached hydrogens (primary N) is 1. The molecule has 0 spiro atoms. The molecule has 0 aliphatic carbocycles. The zero-order valence-electron chi connectivity index (χ0n) is 9.81. The molecule has 0 aliphatic rings. The molecule has 2 N–H and O–H groups in total. The fourth-order valence-corrected chi connectivity index (χ4v) is 2.69. The van der Waals surface area contributed by atoms with Gasteiger partial charge in [-0.05, 0) is 49.4 Å². The summed E-state index contributed by atoms with van der Waals surface area (Å²) in [5.41, 5.74) is 6.97. The molecular weight excluding hydrogens is 310 g/mol. The first kappa shape index (κ1) is 13.2. The van der Waals surface area contributed by atoms with Gasteiger partial charge < -0.3 is 5.73 Å². The maximum Gasteiger partial charge on any atom is 0.161 e. The van der Waals surface area contributed by atoms with Gasteiger partial charge in [0.2, 0.25) is 0 Å². The Morgan fingerprint density at radius 2 is 1.72 bits per heavy atom. The van der Waals surface area contributed by atoms with Crippen molar-refractivity contribution in [3.05, 3.63) is 52.5 Å². The second-order valence-corrected chi connectivity index (χ2v) is 5.92. The molecular formula is C14H12BrNOS. The Balaban J connectivity index is 2.22. The molecule has 0 bridgehead atoms. The number of Topliss-reactive ketones (excluding diaryl/α,β-unsaturated/α-hetero) is 1. The average molecular weight is 322 g/mol. The minimum atomic E-state index is -0.00677. The summed E-state index contributed by atoms with van der Waals surface area (Å²) < 4.78 is 1.05. The van der Waals surface area contributed by atoms with E-state index in [0.717, 1.165) is 14.3 Å². The molecule has 2 aromatic carbocycles. The number of carbonyl (C=O) groups is 1. The van der Waals surface area contributed by atoms with Crippen molar-refractivity contribution in [2.75, 3.05) is 5.73 Å². The van der Waals surface area contributed by atoms with Crippen LogP contribution >= 0.6 is 27.7 Å². The highest BCUT2D eigenvalue weighted by atomic mass is 79.9. The van der Waals surface area contributed by atoms with Crippen molar-refractivity contribution in [2.45, 2.75) is 16.7 Å². The van der Waals surface area contributed by atoms with E-state index in [4.69, 9.17) is 5.73 Å². The van der Waals surface area contributed by atoms with Gasteiger partial charge in [-0.2, -0.15) is 0 Å². The second-order valence-electron chi connectivity index (χ2n) is 3.86. The van der Waals surface area contributed by atoms with Gasteiger partial charge in [0.05, 0.1) is 0 Å². The lowest BCUT2D eigenvalue weighted by molar-refractivity contribution is 0.101. The van der Waals surface area contributed by atoms with Gasteiger partial charge in [-0.25, -0.2) is 0 Å². The first-order valence-corrected chi connectivity index (χ1v) is 7.01. The largest absolute Gasteiger partial charge is 0.398 e. The van der Waals surface area contributed by atoms with Crippen molar-refractivity contribution in [3.8, 4) is 0 Å². The third-order valence-electron chi connectivity index (χ3n) is 2.45. The number of benzene rings is 2. The predicted octanol–water partition coefficient (Wildman–Crippen LogP) is 4.39. The molecule has 2 rings (SSSR count). The Bertz CT molecular complexity index is 581. The molecule has 0 amide bonds. The van der Waals surface area contributed by atoms with Crippen molar-refractivity contribution in [1.82, 2.24) is 0 Å². The van der Waals surface area contributed by atoms with Crippen LogP contribution in [0.2, 0.25) is 0 Å². The van der Waals surface area contributed by atoms with Crippen LogP contribution in [0, 0.1) is 0 Å². The van der Waals surface area contributed by atoms with E-state index in [-0.39, 0.29) is 5.78 Å². The lowest BCUT2D eigenvalue weighted by atomic mass is 10.1. The molecule has 0 saturated carbocycles. The van der Waals surface area contributed by atoms with Crippen LogP contribution in [0.3, 0.4) is 0 Å². The molecule has 0 aliphatic heterocycles. The van der Waals surface area contributed by atoms with Crippen LogP contribution in [0.4, 0.5) is 5.69 Å². The summed E-state index contributed by atoms with van der Waals surface area (Å²) in [6.07, 6.45) is 0. The molecule has 2 aromatic rings. The monoisotopic (exact) mass is 321 g/mol. The fraction of sp³-hybridized carbons (Fsp3) is 0.0714. The first-order chi connectivity index (χ1) is 8.56. The Morgan fingerprint density at radius 1 is 1.11 bits per heavy atom. The molecule has 0 heterocycles. The third-order valence-corrected chi connectivity index (χ3v) is 3.98. The number of hydrogen-bond donors (Lipinski definition) is 1. The van der Waals surface area contributed by atoms with Gasteiger partial charge in [0.1, 0.15) is 0 Å². The highest BCUT2D eigenvalue weighted by molar-refractivity contribution is 9.10. The quantitative estimate of drug-likeness (QED) is 0.673. The van der Waals surface area contributed by atoms with E-state index in [1.165, 1.54) is 6.92 Å². The van der Waals surface area contributed by atoms with Crippen LogP contribution in [0.15, 0.2) is 56.7 Å². The Hall–Kier alpha value is -1.26. The van der Waals surface area contributed by atoms with Crippen molar-refractivity contribution in [1.29, 1.82) is 0 Å². The van der Waals surface area contributed by atoms with Gasteiger partial charge in [0.15, 0.2) is 5.78 Å². The molecule has 0 unspecified atom stereocenters. The average Bonchev–Trinajstić information content (AvgIpc) is 2.32. The van der Waals surface area contributed by atoms with E-state index >= 15 is 0 Å². The summed E-state index contributed by atoms with van der Waals surface area (Å²) in [5, 5.41) is 0. The number of carbonyl (C=O) groups excluding carboxylic acids is 1. The molecule has 0 saturated heterocycles.